The molecule has 2 N–H and O–H groups in total. The van der Waals surface area contributed by atoms with Crippen LogP contribution in [-0.2, 0) is 6.54 Å². The van der Waals surface area contributed by atoms with Gasteiger partial charge in [0.15, 0.2) is 0 Å². The second-order valence-electron chi connectivity index (χ2n) is 10.4. The number of nitrogens with one attached hydrogen (secondary N) is 2. The summed E-state index contributed by atoms with van der Waals surface area (Å²) in [4.78, 5) is 16.9. The Morgan fingerprint density at radius 1 is 1.36 bits per heavy atom. The van der Waals surface area contributed by atoms with Crippen LogP contribution in [0.4, 0.5) is 4.79 Å². The molecule has 2 fully saturated rings. The van der Waals surface area contributed by atoms with Crippen LogP contribution in [-0.4, -0.2) is 66.2 Å². The Labute approximate surface area is 221 Å². The van der Waals surface area contributed by atoms with E-state index in [2.05, 4.69) is 58.7 Å². The van der Waals surface area contributed by atoms with Gasteiger partial charge in [0, 0.05) is 62.2 Å². The number of fused-ring (bicyclic) bond motifs is 1. The number of carbonyl (C=O) groups is 1. The second-order valence-corrected chi connectivity index (χ2v) is 11.0. The van der Waals surface area contributed by atoms with Crippen molar-refractivity contribution in [2.75, 3.05) is 32.7 Å². The van der Waals surface area contributed by atoms with Crippen molar-refractivity contribution in [2.45, 2.75) is 70.1 Å². The minimum absolute atomic E-state index is 0.166. The molecule has 3 heterocycles. The van der Waals surface area contributed by atoms with Crippen LogP contribution in [0.2, 0.25) is 0 Å². The monoisotopic (exact) mass is 512 g/mol. The van der Waals surface area contributed by atoms with Gasteiger partial charge in [0.25, 0.3) is 0 Å². The lowest BCUT2D eigenvalue weighted by Gasteiger charge is -2.46. The Balaban J connectivity index is 1.49. The number of nitrogens with zero attached hydrogens (tertiary/aromatic N) is 2. The normalized spacial score (nSPS) is 26.6. The summed E-state index contributed by atoms with van der Waals surface area (Å²) in [5.41, 5.74) is 6.52. The fourth-order valence-corrected chi connectivity index (χ4v) is 6.19. The summed E-state index contributed by atoms with van der Waals surface area (Å²) in [5.74, 6) is 1.22. The van der Waals surface area contributed by atoms with Gasteiger partial charge >= 0.3 is 6.09 Å². The van der Waals surface area contributed by atoms with Crippen molar-refractivity contribution in [3.63, 3.8) is 0 Å². The number of amides is 1. The van der Waals surface area contributed by atoms with Crippen LogP contribution >= 0.6 is 11.6 Å². The first-order valence-corrected chi connectivity index (χ1v) is 13.8. The third-order valence-corrected chi connectivity index (χ3v) is 8.26. The Hall–Kier alpha value is -2.08. The number of piperidine rings is 1. The van der Waals surface area contributed by atoms with Crippen LogP contribution in [0.15, 0.2) is 48.2 Å². The minimum Gasteiger partial charge on any atom is -0.410 e. The van der Waals surface area contributed by atoms with Crippen molar-refractivity contribution < 1.29 is 9.53 Å². The van der Waals surface area contributed by atoms with E-state index in [1.54, 1.807) is 0 Å². The predicted molar refractivity (Wildman–Crippen MR) is 147 cm³/mol. The molecule has 6 nitrogen and oxygen atoms in total. The molecule has 4 rings (SSSR count). The summed E-state index contributed by atoms with van der Waals surface area (Å²) >= 11 is 6.31. The standard InChI is InChI=1S/C29H41ClN4O2/c1-5-7-8-20(3)28(23-9-11-26-24(15-23)16-32-29(35)36-26)22(6-2)19-33-13-14-34(21(4)18-33)27-12-10-25(30)17-31-27/h5,8-9,11,15,21-22,25,27-28,31H,3,6,10,12-14,16-19H2,1-2,4H3,(H,32,35)/t7?,21-,22?,25?,27?,28?/m1/s1. The molecular weight excluding hydrogens is 472 g/mol. The predicted octanol–water partition coefficient (Wildman–Crippen LogP) is 5.01. The number of halogens is 1. The smallest absolute Gasteiger partial charge is 0.410 e. The van der Waals surface area contributed by atoms with Crippen molar-refractivity contribution in [3.05, 3.63) is 59.4 Å². The van der Waals surface area contributed by atoms with E-state index in [-0.39, 0.29) is 11.3 Å². The van der Waals surface area contributed by atoms with Gasteiger partial charge in [0.2, 0.25) is 0 Å². The lowest BCUT2D eigenvalue weighted by molar-refractivity contribution is 0.0198. The van der Waals surface area contributed by atoms with Crippen molar-refractivity contribution in [2.24, 2.45) is 5.92 Å². The summed E-state index contributed by atoms with van der Waals surface area (Å²) in [6.07, 6.45) is 7.25. The number of alkyl halides is 1. The van der Waals surface area contributed by atoms with Gasteiger partial charge in [-0.3, -0.25) is 4.90 Å². The lowest BCUT2D eigenvalue weighted by Crippen LogP contribution is -2.61. The van der Waals surface area contributed by atoms with Gasteiger partial charge in [-0.1, -0.05) is 26.0 Å². The Morgan fingerprint density at radius 2 is 2.19 bits per heavy atom. The zero-order valence-electron chi connectivity index (χ0n) is 21.9. The van der Waals surface area contributed by atoms with Gasteiger partial charge in [0.1, 0.15) is 5.75 Å². The van der Waals surface area contributed by atoms with Crippen LogP contribution in [0.3, 0.4) is 0 Å². The largest absolute Gasteiger partial charge is 0.412 e. The molecule has 0 bridgehead atoms. The molecular formula is C29H41ClN4O2. The molecule has 5 atom stereocenters. The van der Waals surface area contributed by atoms with Crippen molar-refractivity contribution in [1.29, 1.82) is 0 Å². The highest BCUT2D eigenvalue weighted by atomic mass is 35.5. The molecule has 1 aromatic carbocycles. The first-order chi connectivity index (χ1) is 17.4. The zero-order chi connectivity index (χ0) is 25.7. The number of hydrogen-bond donors (Lipinski definition) is 2. The number of piperazine rings is 1. The maximum absolute atomic E-state index is 11.6. The first kappa shape index (κ1) is 27.0. The molecule has 0 saturated carbocycles. The highest BCUT2D eigenvalue weighted by molar-refractivity contribution is 6.20. The fraction of sp³-hybridized carbons (Fsp3) is 0.586. The van der Waals surface area contributed by atoms with E-state index in [1.807, 2.05) is 25.1 Å². The third kappa shape index (κ3) is 6.42. The number of rotatable bonds is 8. The van der Waals surface area contributed by atoms with Gasteiger partial charge in [0.05, 0.1) is 6.17 Å². The van der Waals surface area contributed by atoms with Gasteiger partial charge in [-0.2, -0.15) is 0 Å². The third-order valence-electron chi connectivity index (χ3n) is 7.88. The fourth-order valence-electron chi connectivity index (χ4n) is 5.97. The van der Waals surface area contributed by atoms with Crippen LogP contribution in [0, 0.1) is 5.92 Å². The summed E-state index contributed by atoms with van der Waals surface area (Å²) < 4.78 is 5.35. The molecule has 196 valence electrons. The minimum atomic E-state index is -0.391. The highest BCUT2D eigenvalue weighted by Gasteiger charge is 2.34. The topological polar surface area (TPSA) is 56.8 Å². The maximum Gasteiger partial charge on any atom is 0.412 e. The number of ether oxygens (including phenoxy) is 1. The number of allylic oxidation sites excluding steroid dienone is 2. The quantitative estimate of drug-likeness (QED) is 0.291. The molecule has 1 aromatic rings. The van der Waals surface area contributed by atoms with Crippen LogP contribution in [0.25, 0.3) is 0 Å². The Bertz CT molecular complexity index is 997. The number of hydrogen-bond acceptors (Lipinski definition) is 5. The Morgan fingerprint density at radius 3 is 2.89 bits per heavy atom. The molecule has 0 aromatic heterocycles. The zero-order valence-corrected chi connectivity index (χ0v) is 22.7. The summed E-state index contributed by atoms with van der Waals surface area (Å²) in [6.45, 7) is 16.7. The molecule has 0 radical (unpaired) electrons. The van der Waals surface area contributed by atoms with E-state index < -0.39 is 6.09 Å². The van der Waals surface area contributed by atoms with Crippen molar-refractivity contribution in [3.8, 4) is 5.75 Å². The molecule has 7 heteroatoms. The number of carbonyl (C=O) groups excluding carboxylic acids is 1. The molecule has 0 spiro atoms. The molecule has 36 heavy (non-hydrogen) atoms. The summed E-state index contributed by atoms with van der Waals surface area (Å²) in [6, 6.07) is 6.70. The molecule has 3 aliphatic heterocycles. The van der Waals surface area contributed by atoms with Crippen LogP contribution < -0.4 is 15.4 Å². The van der Waals surface area contributed by atoms with E-state index >= 15 is 0 Å². The molecule has 2 saturated heterocycles. The van der Waals surface area contributed by atoms with E-state index in [0.29, 0.717) is 30.4 Å². The second kappa shape index (κ2) is 12.4. The SMILES string of the molecule is C=C(C=C=CC)C(c1ccc2c(c1)CNC(=O)O2)C(CC)CN1CCN(C2CCC(Cl)CN2)[C@H](C)C1. The number of benzene rings is 1. The molecule has 1 amide bonds. The van der Waals surface area contributed by atoms with Gasteiger partial charge < -0.3 is 20.3 Å². The van der Waals surface area contributed by atoms with E-state index in [9.17, 15) is 4.79 Å². The average Bonchev–Trinajstić information content (AvgIpc) is 2.87. The average molecular weight is 513 g/mol. The van der Waals surface area contributed by atoms with Gasteiger partial charge in [-0.15, -0.1) is 17.3 Å². The summed E-state index contributed by atoms with van der Waals surface area (Å²) in [5, 5.41) is 6.69. The van der Waals surface area contributed by atoms with E-state index in [0.717, 1.165) is 63.1 Å². The Kier molecular flexibility index (Phi) is 9.32. The van der Waals surface area contributed by atoms with Crippen LogP contribution in [0.1, 0.15) is 57.1 Å². The highest BCUT2D eigenvalue weighted by Crippen LogP contribution is 2.37. The van der Waals surface area contributed by atoms with Crippen LogP contribution in [0.5, 0.6) is 5.75 Å². The van der Waals surface area contributed by atoms with Gasteiger partial charge in [-0.05, 0) is 68.0 Å². The van der Waals surface area contributed by atoms with Gasteiger partial charge in [-0.25, -0.2) is 4.79 Å². The van der Waals surface area contributed by atoms with E-state index in [1.165, 1.54) is 5.56 Å². The van der Waals surface area contributed by atoms with Crippen molar-refractivity contribution in [1.82, 2.24) is 20.4 Å². The first-order valence-electron chi connectivity index (χ1n) is 13.4. The van der Waals surface area contributed by atoms with Crippen molar-refractivity contribution >= 4 is 17.7 Å². The summed E-state index contributed by atoms with van der Waals surface area (Å²) in [7, 11) is 0. The molecule has 3 aliphatic rings. The lowest BCUT2D eigenvalue weighted by atomic mass is 9.78. The van der Waals surface area contributed by atoms with E-state index in [4.69, 9.17) is 16.3 Å². The maximum atomic E-state index is 11.6. The molecule has 0 aliphatic carbocycles. The molecule has 4 unspecified atom stereocenters.